The van der Waals surface area contributed by atoms with Gasteiger partial charge in [0.05, 0.1) is 14.2 Å². The van der Waals surface area contributed by atoms with Gasteiger partial charge in [-0.25, -0.2) is 0 Å². The lowest BCUT2D eigenvalue weighted by molar-refractivity contribution is 0.354. The van der Waals surface area contributed by atoms with Crippen molar-refractivity contribution in [1.82, 2.24) is 10.6 Å². The van der Waals surface area contributed by atoms with Crippen LogP contribution >= 0.6 is 35.4 Å². The van der Waals surface area contributed by atoms with Crippen LogP contribution in [0.25, 0.3) is 0 Å². The fourth-order valence-corrected chi connectivity index (χ4v) is 3.28. The van der Waals surface area contributed by atoms with Crippen molar-refractivity contribution < 1.29 is 9.47 Å². The van der Waals surface area contributed by atoms with Crippen LogP contribution in [0.2, 0.25) is 10.0 Å². The van der Waals surface area contributed by atoms with Crippen LogP contribution in [0, 0.1) is 0 Å². The summed E-state index contributed by atoms with van der Waals surface area (Å²) in [4.78, 5) is 0. The zero-order chi connectivity index (χ0) is 18.9. The van der Waals surface area contributed by atoms with Crippen LogP contribution in [0.1, 0.15) is 11.1 Å². The van der Waals surface area contributed by atoms with Gasteiger partial charge >= 0.3 is 0 Å². The number of hydrogen-bond acceptors (Lipinski definition) is 3. The Kier molecular flexibility index (Phi) is 8.29. The molecule has 7 heteroatoms. The van der Waals surface area contributed by atoms with Gasteiger partial charge < -0.3 is 20.1 Å². The van der Waals surface area contributed by atoms with Gasteiger partial charge in [0.25, 0.3) is 0 Å². The molecule has 0 aliphatic rings. The number of rotatable bonds is 8. The minimum Gasteiger partial charge on any atom is -0.493 e. The molecule has 4 nitrogen and oxygen atoms in total. The SMILES string of the molecule is COc1ccc(CCNC(=S)NCCc2c(Cl)cccc2Cl)cc1OC. The van der Waals surface area contributed by atoms with Crippen LogP contribution in [0.3, 0.4) is 0 Å². The summed E-state index contributed by atoms with van der Waals surface area (Å²) in [5, 5.41) is 8.32. The fraction of sp³-hybridized carbons (Fsp3) is 0.316. The Morgan fingerprint density at radius 3 is 2.15 bits per heavy atom. The van der Waals surface area contributed by atoms with Gasteiger partial charge in [-0.2, -0.15) is 0 Å². The normalized spacial score (nSPS) is 10.3. The molecular weight excluding hydrogens is 391 g/mol. The molecule has 0 spiro atoms. The van der Waals surface area contributed by atoms with Gasteiger partial charge in [-0.15, -0.1) is 0 Å². The van der Waals surface area contributed by atoms with E-state index >= 15 is 0 Å². The van der Waals surface area contributed by atoms with E-state index in [9.17, 15) is 0 Å². The summed E-state index contributed by atoms with van der Waals surface area (Å²) in [5.74, 6) is 1.45. The molecular formula is C19H22Cl2N2O2S. The van der Waals surface area contributed by atoms with Crippen molar-refractivity contribution >= 4 is 40.5 Å². The molecule has 2 aromatic rings. The van der Waals surface area contributed by atoms with Gasteiger partial charge in [0.2, 0.25) is 0 Å². The maximum Gasteiger partial charge on any atom is 0.166 e. The molecule has 2 aromatic carbocycles. The molecule has 0 amide bonds. The van der Waals surface area contributed by atoms with E-state index in [1.165, 1.54) is 0 Å². The second-order valence-electron chi connectivity index (χ2n) is 5.57. The number of methoxy groups -OCH3 is 2. The van der Waals surface area contributed by atoms with E-state index in [4.69, 9.17) is 44.9 Å². The molecule has 2 N–H and O–H groups in total. The Morgan fingerprint density at radius 2 is 1.54 bits per heavy atom. The molecule has 0 aliphatic heterocycles. The molecule has 2 rings (SSSR count). The first-order valence-electron chi connectivity index (χ1n) is 8.20. The Balaban J connectivity index is 1.74. The van der Waals surface area contributed by atoms with E-state index in [1.807, 2.05) is 36.4 Å². The molecule has 0 unspecified atom stereocenters. The maximum atomic E-state index is 6.16. The van der Waals surface area contributed by atoms with Crippen molar-refractivity contribution in [3.63, 3.8) is 0 Å². The highest BCUT2D eigenvalue weighted by Crippen LogP contribution is 2.27. The van der Waals surface area contributed by atoms with Gasteiger partial charge in [-0.3, -0.25) is 0 Å². The Hall–Kier alpha value is -1.69. The van der Waals surface area contributed by atoms with E-state index in [2.05, 4.69) is 10.6 Å². The lowest BCUT2D eigenvalue weighted by Gasteiger charge is -2.13. The zero-order valence-electron chi connectivity index (χ0n) is 14.8. The number of nitrogens with one attached hydrogen (secondary N) is 2. The first kappa shape index (κ1) is 20.6. The molecule has 0 fully saturated rings. The van der Waals surface area contributed by atoms with E-state index in [0.29, 0.717) is 34.7 Å². The van der Waals surface area contributed by atoms with Crippen molar-refractivity contribution in [2.75, 3.05) is 27.3 Å². The summed E-state index contributed by atoms with van der Waals surface area (Å²) in [7, 11) is 3.25. The van der Waals surface area contributed by atoms with E-state index < -0.39 is 0 Å². The molecule has 140 valence electrons. The Bertz CT molecular complexity index is 736. The average molecular weight is 413 g/mol. The second kappa shape index (κ2) is 10.5. The zero-order valence-corrected chi connectivity index (χ0v) is 17.1. The van der Waals surface area contributed by atoms with Gasteiger partial charge in [-0.05, 0) is 60.5 Å². The highest BCUT2D eigenvalue weighted by molar-refractivity contribution is 7.80. The van der Waals surface area contributed by atoms with Crippen LogP contribution in [0.4, 0.5) is 0 Å². The number of ether oxygens (including phenoxy) is 2. The predicted octanol–water partition coefficient (Wildman–Crippen LogP) is 4.26. The van der Waals surface area contributed by atoms with Gasteiger partial charge in [0, 0.05) is 23.1 Å². The van der Waals surface area contributed by atoms with Gasteiger partial charge in [0.15, 0.2) is 16.6 Å². The summed E-state index contributed by atoms with van der Waals surface area (Å²) in [6, 6.07) is 11.4. The molecule has 0 saturated carbocycles. The number of halogens is 2. The van der Waals surface area contributed by atoms with Gasteiger partial charge in [-0.1, -0.05) is 35.3 Å². The fourth-order valence-electron chi connectivity index (χ4n) is 2.49. The highest BCUT2D eigenvalue weighted by Gasteiger charge is 2.06. The standard InChI is InChI=1S/C19H22Cl2N2O2S/c1-24-17-7-6-13(12-18(17)25-2)8-10-22-19(26)23-11-9-14-15(20)4-3-5-16(14)21/h3-7,12H,8-11H2,1-2H3,(H2,22,23,26). The third-order valence-corrected chi connectivity index (χ3v) is 4.87. The van der Waals surface area contributed by atoms with E-state index in [-0.39, 0.29) is 0 Å². The topological polar surface area (TPSA) is 42.5 Å². The highest BCUT2D eigenvalue weighted by atomic mass is 35.5. The van der Waals surface area contributed by atoms with Crippen LogP contribution in [-0.2, 0) is 12.8 Å². The molecule has 0 radical (unpaired) electrons. The third-order valence-electron chi connectivity index (χ3n) is 3.87. The van der Waals surface area contributed by atoms with Crippen LogP contribution in [0.5, 0.6) is 11.5 Å². The molecule has 0 aromatic heterocycles. The lowest BCUT2D eigenvalue weighted by Crippen LogP contribution is -2.37. The molecule has 0 atom stereocenters. The van der Waals surface area contributed by atoms with Crippen molar-refractivity contribution in [3.8, 4) is 11.5 Å². The average Bonchev–Trinajstić information content (AvgIpc) is 2.64. The first-order chi connectivity index (χ1) is 12.5. The van der Waals surface area contributed by atoms with Crippen molar-refractivity contribution in [2.45, 2.75) is 12.8 Å². The Labute approximate surface area is 169 Å². The summed E-state index contributed by atoms with van der Waals surface area (Å²) in [6.07, 6.45) is 1.52. The lowest BCUT2D eigenvalue weighted by atomic mass is 10.1. The largest absolute Gasteiger partial charge is 0.493 e. The summed E-state index contributed by atoms with van der Waals surface area (Å²) >= 11 is 17.6. The van der Waals surface area contributed by atoms with Crippen molar-refractivity contribution in [2.24, 2.45) is 0 Å². The first-order valence-corrected chi connectivity index (χ1v) is 9.37. The molecule has 0 heterocycles. The van der Waals surface area contributed by atoms with E-state index in [0.717, 1.165) is 29.0 Å². The smallest absolute Gasteiger partial charge is 0.166 e. The number of thiocarbonyl (C=S) groups is 1. The van der Waals surface area contributed by atoms with Crippen LogP contribution in [0.15, 0.2) is 36.4 Å². The summed E-state index contributed by atoms with van der Waals surface area (Å²) in [5.41, 5.74) is 2.07. The minimum absolute atomic E-state index is 0.605. The second-order valence-corrected chi connectivity index (χ2v) is 6.79. The number of hydrogen-bond donors (Lipinski definition) is 2. The maximum absolute atomic E-state index is 6.16. The van der Waals surface area contributed by atoms with Gasteiger partial charge in [0.1, 0.15) is 0 Å². The van der Waals surface area contributed by atoms with Crippen molar-refractivity contribution in [1.29, 1.82) is 0 Å². The molecule has 0 aliphatic carbocycles. The quantitative estimate of drug-likeness (QED) is 0.633. The third kappa shape index (κ3) is 5.94. The van der Waals surface area contributed by atoms with Crippen LogP contribution < -0.4 is 20.1 Å². The van der Waals surface area contributed by atoms with Crippen molar-refractivity contribution in [3.05, 3.63) is 57.6 Å². The monoisotopic (exact) mass is 412 g/mol. The summed E-state index contributed by atoms with van der Waals surface area (Å²) in [6.45, 7) is 1.37. The summed E-state index contributed by atoms with van der Waals surface area (Å²) < 4.78 is 10.6. The minimum atomic E-state index is 0.605. The molecule has 26 heavy (non-hydrogen) atoms. The van der Waals surface area contributed by atoms with Crippen LogP contribution in [-0.4, -0.2) is 32.4 Å². The Morgan fingerprint density at radius 1 is 0.923 bits per heavy atom. The molecule has 0 bridgehead atoms. The van der Waals surface area contributed by atoms with E-state index in [1.54, 1.807) is 14.2 Å². The number of benzene rings is 2. The molecule has 0 saturated heterocycles. The predicted molar refractivity (Wildman–Crippen MR) is 112 cm³/mol.